The van der Waals surface area contributed by atoms with Crippen molar-refractivity contribution in [2.75, 3.05) is 0 Å². The van der Waals surface area contributed by atoms with Crippen LogP contribution in [-0.2, 0) is 19.1 Å². The number of hydrogen-bond donors (Lipinski definition) is 0. The highest BCUT2D eigenvalue weighted by Crippen LogP contribution is 2.24. The van der Waals surface area contributed by atoms with Crippen LogP contribution < -0.4 is 0 Å². The van der Waals surface area contributed by atoms with Crippen LogP contribution in [0.2, 0.25) is 0 Å². The first-order valence-corrected chi connectivity index (χ1v) is 6.93. The van der Waals surface area contributed by atoms with Crippen LogP contribution >= 0.6 is 0 Å². The molecule has 2 aromatic rings. The quantitative estimate of drug-likeness (QED) is 0.477. The third-order valence-electron chi connectivity index (χ3n) is 3.12. The van der Waals surface area contributed by atoms with E-state index in [0.717, 1.165) is 5.56 Å². The van der Waals surface area contributed by atoms with E-state index >= 15 is 0 Å². The number of ether oxygens (including phenoxy) is 2. The van der Waals surface area contributed by atoms with Gasteiger partial charge in [0.15, 0.2) is 0 Å². The van der Waals surface area contributed by atoms with Gasteiger partial charge in [0.1, 0.15) is 5.57 Å². The molecule has 1 aromatic carbocycles. The standard InChI is InChI=1S/C16H14N2O5/c1-9-17-13(18-23-9)11-6-4-10(5-7-11)8-12-14(19)21-16(2,3)22-15(12)20/h4-8H,1-3H3. The summed E-state index contributed by atoms with van der Waals surface area (Å²) in [6, 6.07) is 6.99. The van der Waals surface area contributed by atoms with Crippen molar-refractivity contribution < 1.29 is 23.6 Å². The Bertz CT molecular complexity index is 780. The van der Waals surface area contributed by atoms with E-state index in [4.69, 9.17) is 14.0 Å². The molecule has 0 amide bonds. The lowest BCUT2D eigenvalue weighted by molar-refractivity contribution is -0.222. The summed E-state index contributed by atoms with van der Waals surface area (Å²) in [4.78, 5) is 27.9. The lowest BCUT2D eigenvalue weighted by Gasteiger charge is -2.29. The maximum absolute atomic E-state index is 11.9. The first kappa shape index (κ1) is 15.0. The molecule has 0 spiro atoms. The van der Waals surface area contributed by atoms with Crippen molar-refractivity contribution in [1.29, 1.82) is 0 Å². The van der Waals surface area contributed by atoms with E-state index in [0.29, 0.717) is 17.3 Å². The molecule has 0 atom stereocenters. The summed E-state index contributed by atoms with van der Waals surface area (Å²) in [6.07, 6.45) is 1.42. The number of carbonyl (C=O) groups is 2. The summed E-state index contributed by atoms with van der Waals surface area (Å²) >= 11 is 0. The molecular formula is C16H14N2O5. The first-order chi connectivity index (χ1) is 10.8. The Labute approximate surface area is 131 Å². The molecule has 1 aromatic heterocycles. The highest BCUT2D eigenvalue weighted by molar-refractivity contribution is 6.18. The van der Waals surface area contributed by atoms with Gasteiger partial charge >= 0.3 is 11.9 Å². The number of carbonyl (C=O) groups excluding carboxylic acids is 2. The fourth-order valence-electron chi connectivity index (χ4n) is 2.09. The van der Waals surface area contributed by atoms with Gasteiger partial charge in [0.25, 0.3) is 5.79 Å². The highest BCUT2D eigenvalue weighted by Gasteiger charge is 2.38. The molecule has 1 fully saturated rings. The number of benzene rings is 1. The van der Waals surface area contributed by atoms with Gasteiger partial charge in [-0.1, -0.05) is 29.4 Å². The summed E-state index contributed by atoms with van der Waals surface area (Å²) in [7, 11) is 0. The Hall–Kier alpha value is -2.96. The summed E-state index contributed by atoms with van der Waals surface area (Å²) in [6.45, 7) is 4.71. The third kappa shape index (κ3) is 3.13. The minimum atomic E-state index is -1.24. The normalized spacial score (nSPS) is 16.7. The van der Waals surface area contributed by atoms with Crippen molar-refractivity contribution >= 4 is 18.0 Å². The van der Waals surface area contributed by atoms with Gasteiger partial charge in [0.05, 0.1) is 0 Å². The van der Waals surface area contributed by atoms with E-state index in [1.807, 2.05) is 0 Å². The molecule has 23 heavy (non-hydrogen) atoms. The van der Waals surface area contributed by atoms with E-state index in [2.05, 4.69) is 10.1 Å². The second kappa shape index (κ2) is 5.35. The molecule has 0 radical (unpaired) electrons. The zero-order valence-corrected chi connectivity index (χ0v) is 12.8. The summed E-state index contributed by atoms with van der Waals surface area (Å²) < 4.78 is 15.0. The monoisotopic (exact) mass is 314 g/mol. The summed E-state index contributed by atoms with van der Waals surface area (Å²) in [5.74, 6) is -1.71. The predicted molar refractivity (Wildman–Crippen MR) is 78.7 cm³/mol. The summed E-state index contributed by atoms with van der Waals surface area (Å²) in [5, 5.41) is 3.82. The van der Waals surface area contributed by atoms with Gasteiger partial charge in [-0.2, -0.15) is 4.98 Å². The Kier molecular flexibility index (Phi) is 3.48. The van der Waals surface area contributed by atoms with Crippen molar-refractivity contribution in [2.45, 2.75) is 26.6 Å². The lowest BCUT2D eigenvalue weighted by Crippen LogP contribution is -2.41. The minimum Gasteiger partial charge on any atom is -0.419 e. The number of aryl methyl sites for hydroxylation is 1. The van der Waals surface area contributed by atoms with Gasteiger partial charge in [-0.15, -0.1) is 0 Å². The molecule has 0 aliphatic carbocycles. The van der Waals surface area contributed by atoms with Crippen LogP contribution in [0.4, 0.5) is 0 Å². The van der Waals surface area contributed by atoms with E-state index in [9.17, 15) is 9.59 Å². The van der Waals surface area contributed by atoms with Crippen molar-refractivity contribution in [3.05, 3.63) is 41.3 Å². The van der Waals surface area contributed by atoms with Gasteiger partial charge in [0, 0.05) is 26.3 Å². The van der Waals surface area contributed by atoms with Crippen LogP contribution in [0, 0.1) is 6.92 Å². The third-order valence-corrected chi connectivity index (χ3v) is 3.12. The SMILES string of the molecule is Cc1nc(-c2ccc(C=C3C(=O)OC(C)(C)OC3=O)cc2)no1. The second-order valence-electron chi connectivity index (χ2n) is 5.50. The molecule has 1 saturated heterocycles. The Morgan fingerprint density at radius 1 is 1.04 bits per heavy atom. The zero-order chi connectivity index (χ0) is 16.6. The Morgan fingerprint density at radius 3 is 2.17 bits per heavy atom. The predicted octanol–water partition coefficient (Wildman–Crippen LogP) is 2.26. The second-order valence-corrected chi connectivity index (χ2v) is 5.50. The lowest BCUT2D eigenvalue weighted by atomic mass is 10.1. The number of hydrogen-bond acceptors (Lipinski definition) is 7. The molecule has 7 heteroatoms. The summed E-state index contributed by atoms with van der Waals surface area (Å²) in [5.41, 5.74) is 1.27. The molecule has 0 bridgehead atoms. The average Bonchev–Trinajstić information content (AvgIpc) is 2.89. The van der Waals surface area contributed by atoms with Crippen molar-refractivity contribution in [3.8, 4) is 11.4 Å². The van der Waals surface area contributed by atoms with E-state index in [-0.39, 0.29) is 5.57 Å². The Balaban J connectivity index is 1.85. The molecule has 0 saturated carbocycles. The average molecular weight is 314 g/mol. The fourth-order valence-corrected chi connectivity index (χ4v) is 2.09. The molecule has 1 aliphatic rings. The van der Waals surface area contributed by atoms with Crippen molar-refractivity contribution in [2.24, 2.45) is 0 Å². The van der Waals surface area contributed by atoms with Crippen LogP contribution in [0.3, 0.4) is 0 Å². The van der Waals surface area contributed by atoms with E-state index < -0.39 is 17.7 Å². The molecule has 7 nitrogen and oxygen atoms in total. The molecular weight excluding hydrogens is 300 g/mol. The van der Waals surface area contributed by atoms with Gasteiger partial charge in [0.2, 0.25) is 11.7 Å². The number of esters is 2. The molecule has 0 N–H and O–H groups in total. The maximum atomic E-state index is 11.9. The molecule has 0 unspecified atom stereocenters. The number of aromatic nitrogens is 2. The smallest absolute Gasteiger partial charge is 0.348 e. The number of rotatable bonds is 2. The van der Waals surface area contributed by atoms with E-state index in [1.54, 1.807) is 31.2 Å². The van der Waals surface area contributed by atoms with Gasteiger partial charge in [-0.05, 0) is 11.6 Å². The molecule has 1 aliphatic heterocycles. The minimum absolute atomic E-state index is 0.146. The number of nitrogens with zero attached hydrogens (tertiary/aromatic N) is 2. The van der Waals surface area contributed by atoms with Gasteiger partial charge in [-0.25, -0.2) is 9.59 Å². The Morgan fingerprint density at radius 2 is 1.65 bits per heavy atom. The molecule has 2 heterocycles. The van der Waals surface area contributed by atoms with Crippen molar-refractivity contribution in [1.82, 2.24) is 10.1 Å². The maximum Gasteiger partial charge on any atom is 0.348 e. The largest absolute Gasteiger partial charge is 0.419 e. The van der Waals surface area contributed by atoms with Crippen LogP contribution in [0.15, 0.2) is 34.4 Å². The molecule has 3 rings (SSSR count). The first-order valence-electron chi connectivity index (χ1n) is 6.93. The van der Waals surface area contributed by atoms with Gasteiger partial charge < -0.3 is 14.0 Å². The van der Waals surface area contributed by atoms with Crippen molar-refractivity contribution in [3.63, 3.8) is 0 Å². The highest BCUT2D eigenvalue weighted by atomic mass is 16.7. The number of cyclic esters (lactones) is 2. The van der Waals surface area contributed by atoms with Crippen LogP contribution in [0.1, 0.15) is 25.3 Å². The topological polar surface area (TPSA) is 91.5 Å². The zero-order valence-electron chi connectivity index (χ0n) is 12.8. The fraction of sp³-hybridized carbons (Fsp3) is 0.250. The van der Waals surface area contributed by atoms with Crippen LogP contribution in [0.25, 0.3) is 17.5 Å². The van der Waals surface area contributed by atoms with Crippen LogP contribution in [-0.4, -0.2) is 27.9 Å². The van der Waals surface area contributed by atoms with Gasteiger partial charge in [-0.3, -0.25) is 0 Å². The molecule has 118 valence electrons. The van der Waals surface area contributed by atoms with E-state index in [1.165, 1.54) is 19.9 Å². The van der Waals surface area contributed by atoms with Crippen LogP contribution in [0.5, 0.6) is 0 Å².